The Kier molecular flexibility index (Phi) is 7.22. The fraction of sp³-hybridized carbons (Fsp3) is 0.188. The molecule has 0 saturated heterocycles. The zero-order chi connectivity index (χ0) is 17.2. The first-order valence-electron chi connectivity index (χ1n) is 6.65. The summed E-state index contributed by atoms with van der Waals surface area (Å²) in [7, 11) is 0. The number of allylic oxidation sites excluding steroid dienone is 2. The van der Waals surface area contributed by atoms with E-state index in [4.69, 9.17) is 20.1 Å². The average molecular weight is 320 g/mol. The summed E-state index contributed by atoms with van der Waals surface area (Å²) in [5.41, 5.74) is 0.413. The molecule has 0 radical (unpaired) electrons. The van der Waals surface area contributed by atoms with Crippen LogP contribution in [0.25, 0.3) is 0 Å². The Labute approximate surface area is 132 Å². The highest BCUT2D eigenvalue weighted by atomic mass is 16.5. The van der Waals surface area contributed by atoms with Crippen molar-refractivity contribution in [3.63, 3.8) is 0 Å². The third-order valence-corrected chi connectivity index (χ3v) is 2.68. The van der Waals surface area contributed by atoms with E-state index in [0.29, 0.717) is 5.75 Å². The minimum atomic E-state index is -0.983. The van der Waals surface area contributed by atoms with E-state index in [0.717, 1.165) is 0 Å². The minimum Gasteiger partial charge on any atom is -0.491 e. The largest absolute Gasteiger partial charge is 0.491 e. The molecule has 0 bridgehead atoms. The first-order valence-corrected chi connectivity index (χ1v) is 6.65. The van der Waals surface area contributed by atoms with Crippen LogP contribution in [0.15, 0.2) is 48.1 Å². The first-order chi connectivity index (χ1) is 10.9. The molecule has 1 aromatic carbocycles. The molecule has 0 heterocycles. The van der Waals surface area contributed by atoms with Crippen LogP contribution < -0.4 is 4.74 Å². The van der Waals surface area contributed by atoms with Gasteiger partial charge in [-0.25, -0.2) is 9.59 Å². The molecule has 2 rings (SSSR count). The number of carboxylic acids is 2. The quantitative estimate of drug-likeness (QED) is 0.747. The topological polar surface area (TPSA) is 121 Å². The van der Waals surface area contributed by atoms with Gasteiger partial charge in [0.25, 0.3) is 0 Å². The van der Waals surface area contributed by atoms with Crippen molar-refractivity contribution < 1.29 is 34.4 Å². The van der Waals surface area contributed by atoms with Gasteiger partial charge < -0.3 is 20.1 Å². The van der Waals surface area contributed by atoms with Crippen molar-refractivity contribution >= 4 is 17.7 Å². The Morgan fingerprint density at radius 2 is 1.70 bits per heavy atom. The Morgan fingerprint density at radius 1 is 1.04 bits per heavy atom. The second-order valence-corrected chi connectivity index (χ2v) is 4.37. The zero-order valence-corrected chi connectivity index (χ0v) is 12.1. The number of aliphatic carboxylic acids is 1. The van der Waals surface area contributed by atoms with Gasteiger partial charge in [0.05, 0.1) is 17.7 Å². The van der Waals surface area contributed by atoms with Crippen LogP contribution in [0.4, 0.5) is 0 Å². The second-order valence-electron chi connectivity index (χ2n) is 4.37. The number of rotatable bonds is 5. The van der Waals surface area contributed by atoms with Crippen molar-refractivity contribution in [1.29, 1.82) is 0 Å². The van der Waals surface area contributed by atoms with Gasteiger partial charge in [-0.05, 0) is 36.4 Å². The van der Waals surface area contributed by atoms with Crippen molar-refractivity contribution in [1.82, 2.24) is 0 Å². The summed E-state index contributed by atoms with van der Waals surface area (Å²) in [5, 5.41) is 25.4. The number of aromatic carboxylic acids is 1. The molecule has 0 amide bonds. The molecule has 0 saturated carbocycles. The lowest BCUT2D eigenvalue weighted by Gasteiger charge is -2.03. The fourth-order valence-electron chi connectivity index (χ4n) is 1.55. The Morgan fingerprint density at radius 3 is 2.13 bits per heavy atom. The van der Waals surface area contributed by atoms with Crippen LogP contribution in [0.1, 0.15) is 16.8 Å². The van der Waals surface area contributed by atoms with E-state index in [1.165, 1.54) is 30.4 Å². The Bertz CT molecular complexity index is 626. The molecule has 1 aromatic rings. The standard InChI is InChI=1S/C9H10O4.C7H6O3/c10-5-6-13-8-3-1-7(2-4-8)9(11)12;8-6-3-1-5(2-4-6)7(9)10/h1-4,10H,5-6H2,(H,11,12);1-3H,4H2,(H,9,10). The SMILES string of the molecule is O=C(O)c1ccc(OCCO)cc1.O=C1C=CC(C(=O)O)=CC1. The van der Waals surface area contributed by atoms with Crippen molar-refractivity contribution in [2.75, 3.05) is 13.2 Å². The van der Waals surface area contributed by atoms with E-state index in [1.807, 2.05) is 0 Å². The molecule has 3 N–H and O–H groups in total. The van der Waals surface area contributed by atoms with Crippen molar-refractivity contribution in [2.45, 2.75) is 6.42 Å². The third-order valence-electron chi connectivity index (χ3n) is 2.68. The lowest BCUT2D eigenvalue weighted by Crippen LogP contribution is -2.04. The molecule has 0 spiro atoms. The Balaban J connectivity index is 0.000000238. The number of carbonyl (C=O) groups is 3. The van der Waals surface area contributed by atoms with E-state index in [1.54, 1.807) is 12.1 Å². The highest BCUT2D eigenvalue weighted by Crippen LogP contribution is 2.11. The Hall–Kier alpha value is -2.93. The summed E-state index contributed by atoms with van der Waals surface area (Å²) in [6, 6.07) is 6.02. The molecule has 122 valence electrons. The van der Waals surface area contributed by atoms with E-state index in [9.17, 15) is 14.4 Å². The summed E-state index contributed by atoms with van der Waals surface area (Å²) in [6.45, 7) is 0.160. The summed E-state index contributed by atoms with van der Waals surface area (Å²) in [6.07, 6.45) is 4.21. The van der Waals surface area contributed by atoms with Gasteiger partial charge in [0.15, 0.2) is 5.78 Å². The van der Waals surface area contributed by atoms with Crippen LogP contribution in [0, 0.1) is 0 Å². The molecular weight excluding hydrogens is 304 g/mol. The maximum atomic E-state index is 10.5. The monoisotopic (exact) mass is 320 g/mol. The van der Waals surface area contributed by atoms with Gasteiger partial charge in [0, 0.05) is 6.42 Å². The number of aliphatic hydroxyl groups is 1. The van der Waals surface area contributed by atoms with Gasteiger partial charge in [-0.1, -0.05) is 6.08 Å². The van der Waals surface area contributed by atoms with Gasteiger partial charge in [-0.2, -0.15) is 0 Å². The van der Waals surface area contributed by atoms with E-state index in [-0.39, 0.29) is 36.6 Å². The van der Waals surface area contributed by atoms with Crippen LogP contribution in [-0.2, 0) is 9.59 Å². The van der Waals surface area contributed by atoms with Crippen LogP contribution >= 0.6 is 0 Å². The summed E-state index contributed by atoms with van der Waals surface area (Å²) in [4.78, 5) is 31.2. The molecule has 0 aliphatic heterocycles. The van der Waals surface area contributed by atoms with Crippen molar-refractivity contribution in [3.8, 4) is 5.75 Å². The maximum Gasteiger partial charge on any atom is 0.335 e. The normalized spacial score (nSPS) is 12.7. The molecule has 0 atom stereocenters. The van der Waals surface area contributed by atoms with Gasteiger partial charge in [-0.3, -0.25) is 4.79 Å². The lowest BCUT2D eigenvalue weighted by atomic mass is 10.1. The summed E-state index contributed by atoms with van der Waals surface area (Å²) >= 11 is 0. The predicted molar refractivity (Wildman–Crippen MR) is 80.5 cm³/mol. The van der Waals surface area contributed by atoms with Gasteiger partial charge >= 0.3 is 11.9 Å². The number of ether oxygens (including phenoxy) is 1. The molecular formula is C16H16O7. The number of ketones is 1. The molecule has 23 heavy (non-hydrogen) atoms. The highest BCUT2D eigenvalue weighted by Gasteiger charge is 2.08. The number of aliphatic hydroxyl groups excluding tert-OH is 1. The molecule has 7 nitrogen and oxygen atoms in total. The predicted octanol–water partition coefficient (Wildman–Crippen LogP) is 1.28. The van der Waals surface area contributed by atoms with Gasteiger partial charge in [-0.15, -0.1) is 0 Å². The minimum absolute atomic E-state index is 0.0509. The number of carboxylic acid groups (broad SMARTS) is 2. The lowest BCUT2D eigenvalue weighted by molar-refractivity contribution is -0.132. The highest BCUT2D eigenvalue weighted by molar-refractivity contribution is 5.99. The van der Waals surface area contributed by atoms with Gasteiger partial charge in [0.1, 0.15) is 12.4 Å². The molecule has 1 aliphatic carbocycles. The number of carbonyl (C=O) groups excluding carboxylic acids is 1. The summed E-state index contributed by atoms with van der Waals surface area (Å²) in [5.74, 6) is -1.44. The van der Waals surface area contributed by atoms with Crippen LogP contribution in [0.3, 0.4) is 0 Å². The molecule has 0 fully saturated rings. The molecule has 0 unspecified atom stereocenters. The van der Waals surface area contributed by atoms with Crippen LogP contribution in [-0.4, -0.2) is 46.3 Å². The number of benzene rings is 1. The fourth-order valence-corrected chi connectivity index (χ4v) is 1.55. The third kappa shape index (κ3) is 6.58. The van der Waals surface area contributed by atoms with E-state index >= 15 is 0 Å². The first kappa shape index (κ1) is 18.1. The van der Waals surface area contributed by atoms with E-state index in [2.05, 4.69) is 0 Å². The van der Waals surface area contributed by atoms with Crippen LogP contribution in [0.5, 0.6) is 5.75 Å². The number of hydrogen-bond acceptors (Lipinski definition) is 5. The van der Waals surface area contributed by atoms with Crippen molar-refractivity contribution in [3.05, 3.63) is 53.6 Å². The van der Waals surface area contributed by atoms with Crippen molar-refractivity contribution in [2.24, 2.45) is 0 Å². The summed E-state index contributed by atoms with van der Waals surface area (Å²) < 4.78 is 5.05. The zero-order valence-electron chi connectivity index (χ0n) is 12.1. The van der Waals surface area contributed by atoms with E-state index < -0.39 is 11.9 Å². The number of hydrogen-bond donors (Lipinski definition) is 3. The second kappa shape index (κ2) is 9.16. The average Bonchev–Trinajstić information content (AvgIpc) is 2.54. The molecule has 7 heteroatoms. The van der Waals surface area contributed by atoms with Gasteiger partial charge in [0.2, 0.25) is 0 Å². The molecule has 0 aromatic heterocycles. The smallest absolute Gasteiger partial charge is 0.335 e. The molecule has 1 aliphatic rings. The van der Waals surface area contributed by atoms with Crippen LogP contribution in [0.2, 0.25) is 0 Å². The maximum absolute atomic E-state index is 10.5.